The summed E-state index contributed by atoms with van der Waals surface area (Å²) in [5.74, 6) is -4.38. The molecule has 1 heterocycles. The molecule has 41 heavy (non-hydrogen) atoms. The second-order valence-corrected chi connectivity index (χ2v) is 14.4. The van der Waals surface area contributed by atoms with Gasteiger partial charge in [-0.1, -0.05) is 50.4 Å². The van der Waals surface area contributed by atoms with Gasteiger partial charge in [-0.05, 0) is 92.6 Å². The Labute approximate surface area is 243 Å². The summed E-state index contributed by atoms with van der Waals surface area (Å²) < 4.78 is 70.8. The van der Waals surface area contributed by atoms with Gasteiger partial charge in [-0.15, -0.1) is 0 Å². The van der Waals surface area contributed by atoms with Gasteiger partial charge in [-0.2, -0.15) is 22.0 Å². The number of carbonyl (C=O) groups excluding carboxylic acids is 1. The molecule has 5 rings (SSSR count). The maximum absolute atomic E-state index is 15.0. The lowest BCUT2D eigenvalue weighted by molar-refractivity contribution is -0.364. The van der Waals surface area contributed by atoms with Crippen LogP contribution in [-0.4, -0.2) is 44.3 Å². The number of nitrogens with zero attached hydrogens (tertiary/aromatic N) is 2. The maximum Gasteiger partial charge on any atom is 0.456 e. The van der Waals surface area contributed by atoms with E-state index in [9.17, 15) is 31.9 Å². The van der Waals surface area contributed by atoms with Gasteiger partial charge in [0, 0.05) is 30.0 Å². The average molecular weight is 601 g/mol. The first-order valence-electron chi connectivity index (χ1n) is 15.1. The molecule has 0 saturated heterocycles. The van der Waals surface area contributed by atoms with Crippen molar-refractivity contribution in [3.05, 3.63) is 30.1 Å². The Balaban J connectivity index is 1.32. The second kappa shape index (κ2) is 11.2. The number of unbranched alkanes of at least 4 members (excludes halogenated alkanes) is 3. The minimum atomic E-state index is -5.81. The SMILES string of the molecule is C[C@]12CCC(=O)C=C1C[C@@H](CCCCCCSc1ncccn1)[C@@H]1[C@@H]2CC[C@@]2(C)[C@H]1CC[C@@]2(O)C(F)(F)C(F)(F)F. The van der Waals surface area contributed by atoms with Crippen LogP contribution in [0.1, 0.15) is 90.9 Å². The molecule has 1 aromatic rings. The number of aromatic nitrogens is 2. The van der Waals surface area contributed by atoms with Crippen molar-refractivity contribution in [2.75, 3.05) is 5.75 Å². The first-order valence-corrected chi connectivity index (χ1v) is 16.0. The van der Waals surface area contributed by atoms with Crippen molar-refractivity contribution in [3.63, 3.8) is 0 Å². The minimum absolute atomic E-state index is 0.0482. The predicted molar refractivity (Wildman–Crippen MR) is 147 cm³/mol. The third-order valence-corrected chi connectivity index (χ3v) is 12.4. The molecule has 4 aliphatic rings. The molecule has 4 aliphatic carbocycles. The fraction of sp³-hybridized carbons (Fsp3) is 0.774. The van der Waals surface area contributed by atoms with E-state index in [4.69, 9.17) is 0 Å². The quantitative estimate of drug-likeness (QED) is 0.134. The third kappa shape index (κ3) is 5.17. The fourth-order valence-corrected chi connectivity index (χ4v) is 9.95. The van der Waals surface area contributed by atoms with E-state index < -0.39 is 35.5 Å². The van der Waals surface area contributed by atoms with Gasteiger partial charge in [0.1, 0.15) is 5.60 Å². The lowest BCUT2D eigenvalue weighted by Gasteiger charge is -2.62. The molecule has 228 valence electrons. The van der Waals surface area contributed by atoms with Gasteiger partial charge in [-0.3, -0.25) is 4.79 Å². The van der Waals surface area contributed by atoms with Crippen LogP contribution in [0.4, 0.5) is 22.0 Å². The van der Waals surface area contributed by atoms with Gasteiger partial charge in [0.15, 0.2) is 10.9 Å². The molecule has 3 saturated carbocycles. The van der Waals surface area contributed by atoms with Gasteiger partial charge in [-0.25, -0.2) is 9.97 Å². The number of rotatable bonds is 9. The van der Waals surface area contributed by atoms with Gasteiger partial charge >= 0.3 is 12.1 Å². The van der Waals surface area contributed by atoms with Gasteiger partial charge in [0.25, 0.3) is 0 Å². The van der Waals surface area contributed by atoms with E-state index in [0.29, 0.717) is 25.7 Å². The molecule has 0 radical (unpaired) electrons. The topological polar surface area (TPSA) is 63.1 Å². The van der Waals surface area contributed by atoms with Gasteiger partial charge in [0.2, 0.25) is 0 Å². The molecule has 0 spiro atoms. The summed E-state index contributed by atoms with van der Waals surface area (Å²) in [7, 11) is 0. The molecule has 7 atom stereocenters. The summed E-state index contributed by atoms with van der Waals surface area (Å²) in [6.45, 7) is 3.66. The normalized spacial score (nSPS) is 37.3. The number of aliphatic hydroxyl groups is 1. The number of allylic oxidation sites excluding steroid dienone is 1. The van der Waals surface area contributed by atoms with E-state index in [1.807, 2.05) is 0 Å². The Hall–Kier alpha value is -1.55. The average Bonchev–Trinajstić information content (AvgIpc) is 3.20. The summed E-state index contributed by atoms with van der Waals surface area (Å²) in [5.41, 5.74) is -3.75. The van der Waals surface area contributed by atoms with Crippen molar-refractivity contribution in [2.24, 2.45) is 34.5 Å². The van der Waals surface area contributed by atoms with Crippen LogP contribution >= 0.6 is 11.8 Å². The Morgan fingerprint density at radius 2 is 1.66 bits per heavy atom. The standard InChI is InChI=1S/C31H41F5N2O2S/c1-27-12-9-22(39)19-21(27)18-20(8-5-3-4-6-17-41-26-37-15-7-16-38-26)25-23(27)10-13-28(2)24(25)11-14-29(28,40)30(32,33)31(34,35)36/h7,15-16,19-20,23-25,40H,3-6,8-14,17-18H2,1-2H3/t20-,23+,24+,25-,27+,28+,29+/m1/s1. The van der Waals surface area contributed by atoms with Crippen LogP contribution in [0.5, 0.6) is 0 Å². The number of carbonyl (C=O) groups is 1. The summed E-state index contributed by atoms with van der Waals surface area (Å²) >= 11 is 1.62. The summed E-state index contributed by atoms with van der Waals surface area (Å²) in [6, 6.07) is 1.78. The van der Waals surface area contributed by atoms with Crippen LogP contribution in [0.3, 0.4) is 0 Å². The minimum Gasteiger partial charge on any atom is -0.383 e. The number of halogens is 5. The number of hydrogen-bond acceptors (Lipinski definition) is 5. The van der Waals surface area contributed by atoms with Crippen LogP contribution in [0.2, 0.25) is 0 Å². The fourth-order valence-electron chi connectivity index (χ4n) is 9.15. The first-order chi connectivity index (χ1) is 19.2. The van der Waals surface area contributed by atoms with Crippen molar-refractivity contribution in [1.29, 1.82) is 0 Å². The molecule has 0 unspecified atom stereocenters. The molecule has 0 aliphatic heterocycles. The number of alkyl halides is 5. The Morgan fingerprint density at radius 1 is 0.976 bits per heavy atom. The lowest BCUT2D eigenvalue weighted by Crippen LogP contribution is -2.66. The Morgan fingerprint density at radius 3 is 2.37 bits per heavy atom. The molecule has 0 amide bonds. The molecule has 1 aromatic heterocycles. The molecule has 1 N–H and O–H groups in total. The highest BCUT2D eigenvalue weighted by atomic mass is 32.2. The Kier molecular flexibility index (Phi) is 8.42. The summed E-state index contributed by atoms with van der Waals surface area (Å²) in [6.07, 6.45) is 6.32. The summed E-state index contributed by atoms with van der Waals surface area (Å²) in [4.78, 5) is 20.8. The van der Waals surface area contributed by atoms with E-state index >= 15 is 0 Å². The van der Waals surface area contributed by atoms with E-state index in [0.717, 1.165) is 48.6 Å². The zero-order valence-corrected chi connectivity index (χ0v) is 24.7. The maximum atomic E-state index is 15.0. The van der Waals surface area contributed by atoms with E-state index in [1.165, 1.54) is 6.92 Å². The predicted octanol–water partition coefficient (Wildman–Crippen LogP) is 8.21. The highest BCUT2D eigenvalue weighted by molar-refractivity contribution is 7.99. The molecule has 0 bridgehead atoms. The van der Waals surface area contributed by atoms with Crippen molar-refractivity contribution in [3.8, 4) is 0 Å². The largest absolute Gasteiger partial charge is 0.456 e. The first kappa shape index (κ1) is 30.9. The van der Waals surface area contributed by atoms with E-state index in [1.54, 1.807) is 36.3 Å². The molecular weight excluding hydrogens is 559 g/mol. The van der Waals surface area contributed by atoms with Gasteiger partial charge < -0.3 is 5.11 Å². The summed E-state index contributed by atoms with van der Waals surface area (Å²) in [5, 5.41) is 12.0. The molecule has 3 fully saturated rings. The van der Waals surface area contributed by atoms with Crippen molar-refractivity contribution in [1.82, 2.24) is 9.97 Å². The monoisotopic (exact) mass is 600 g/mol. The number of ketones is 1. The van der Waals surface area contributed by atoms with Crippen molar-refractivity contribution in [2.45, 2.75) is 114 Å². The van der Waals surface area contributed by atoms with Crippen molar-refractivity contribution < 1.29 is 31.9 Å². The zero-order valence-electron chi connectivity index (χ0n) is 23.9. The van der Waals surface area contributed by atoms with E-state index in [-0.39, 0.29) is 41.8 Å². The smallest absolute Gasteiger partial charge is 0.383 e. The van der Waals surface area contributed by atoms with E-state index in [2.05, 4.69) is 16.9 Å². The number of thioether (sulfide) groups is 1. The van der Waals surface area contributed by atoms with Gasteiger partial charge in [0.05, 0.1) is 0 Å². The molecule has 10 heteroatoms. The highest BCUT2D eigenvalue weighted by Crippen LogP contribution is 2.72. The lowest BCUT2D eigenvalue weighted by atomic mass is 9.43. The molecule has 0 aromatic carbocycles. The number of hydrogen-bond donors (Lipinski definition) is 1. The third-order valence-electron chi connectivity index (χ3n) is 11.4. The molecule has 4 nitrogen and oxygen atoms in total. The number of fused-ring (bicyclic) bond motifs is 5. The van der Waals surface area contributed by atoms with Crippen LogP contribution in [0.25, 0.3) is 0 Å². The zero-order chi connectivity index (χ0) is 29.7. The van der Waals surface area contributed by atoms with Crippen LogP contribution in [0.15, 0.2) is 35.3 Å². The van der Waals surface area contributed by atoms with Crippen molar-refractivity contribution >= 4 is 17.5 Å². The van der Waals surface area contributed by atoms with Crippen LogP contribution in [-0.2, 0) is 4.79 Å². The van der Waals surface area contributed by atoms with Crippen LogP contribution in [0, 0.1) is 34.5 Å². The second-order valence-electron chi connectivity index (χ2n) is 13.3. The Bertz CT molecular complexity index is 1150. The molecular formula is C31H41F5N2O2S. The highest BCUT2D eigenvalue weighted by Gasteiger charge is 2.79. The van der Waals surface area contributed by atoms with Crippen LogP contribution < -0.4 is 0 Å².